The molecule has 0 aromatic heterocycles. The first-order chi connectivity index (χ1) is 15.1. The van der Waals surface area contributed by atoms with E-state index in [9.17, 15) is 28.4 Å². The van der Waals surface area contributed by atoms with Gasteiger partial charge < -0.3 is 25.8 Å². The van der Waals surface area contributed by atoms with E-state index in [1.54, 1.807) is 6.92 Å². The van der Waals surface area contributed by atoms with Crippen LogP contribution in [0, 0.1) is 11.7 Å². The van der Waals surface area contributed by atoms with Crippen LogP contribution >= 0.6 is 0 Å². The van der Waals surface area contributed by atoms with E-state index in [2.05, 4.69) is 10.6 Å². The quantitative estimate of drug-likeness (QED) is 0.376. The highest BCUT2D eigenvalue weighted by Gasteiger charge is 2.38. The highest BCUT2D eigenvalue weighted by atomic mass is 19.1. The second kappa shape index (κ2) is 13.0. The molecule has 0 heterocycles. The summed E-state index contributed by atoms with van der Waals surface area (Å²) in [5, 5.41) is 4.77. The summed E-state index contributed by atoms with van der Waals surface area (Å²) in [7, 11) is 0. The summed E-state index contributed by atoms with van der Waals surface area (Å²) < 4.78 is 22.9. The largest absolute Gasteiger partial charge is 0.466 e. The SMILES string of the molecule is CCOC(=O)C[C@H](C(=O)OCC)[C@H](NC(=O)[C@@H](Cc1ccc(F)cc1)NC(C)=O)C(N)=O. The summed E-state index contributed by atoms with van der Waals surface area (Å²) >= 11 is 0. The molecular weight excluding hydrogens is 425 g/mol. The number of primary amides is 1. The predicted octanol–water partition coefficient (Wildman–Crippen LogP) is -0.0245. The summed E-state index contributed by atoms with van der Waals surface area (Å²) in [6, 6.07) is 2.50. The zero-order valence-corrected chi connectivity index (χ0v) is 18.2. The Labute approximate surface area is 185 Å². The Bertz CT molecular complexity index is 829. The van der Waals surface area contributed by atoms with Gasteiger partial charge in [-0.15, -0.1) is 0 Å². The molecule has 1 rings (SSSR count). The molecular formula is C21H28FN3O7. The molecule has 11 heteroatoms. The third-order valence-corrected chi connectivity index (χ3v) is 4.33. The molecule has 0 bridgehead atoms. The number of nitrogens with one attached hydrogen (secondary N) is 2. The number of amides is 3. The number of hydrogen-bond donors (Lipinski definition) is 3. The van der Waals surface area contributed by atoms with Crippen molar-refractivity contribution in [3.05, 3.63) is 35.6 Å². The van der Waals surface area contributed by atoms with Crippen molar-refractivity contribution in [3.8, 4) is 0 Å². The molecule has 0 aliphatic rings. The second-order valence-electron chi connectivity index (χ2n) is 6.84. The molecule has 4 N–H and O–H groups in total. The van der Waals surface area contributed by atoms with Crippen molar-refractivity contribution in [3.63, 3.8) is 0 Å². The summed E-state index contributed by atoms with van der Waals surface area (Å²) in [6.07, 6.45) is -0.581. The highest BCUT2D eigenvalue weighted by Crippen LogP contribution is 2.15. The van der Waals surface area contributed by atoms with Gasteiger partial charge in [0.1, 0.15) is 17.9 Å². The number of carbonyl (C=O) groups excluding carboxylic acids is 5. The van der Waals surface area contributed by atoms with Gasteiger partial charge in [0.15, 0.2) is 0 Å². The maximum atomic E-state index is 13.2. The van der Waals surface area contributed by atoms with Gasteiger partial charge in [-0.3, -0.25) is 24.0 Å². The number of halogens is 1. The zero-order chi connectivity index (χ0) is 24.3. The number of esters is 2. The molecule has 32 heavy (non-hydrogen) atoms. The van der Waals surface area contributed by atoms with Gasteiger partial charge in [-0.25, -0.2) is 4.39 Å². The van der Waals surface area contributed by atoms with Gasteiger partial charge in [-0.2, -0.15) is 0 Å². The minimum absolute atomic E-state index is 0.0286. The minimum atomic E-state index is -1.60. The number of ether oxygens (including phenoxy) is 2. The topological polar surface area (TPSA) is 154 Å². The lowest BCUT2D eigenvalue weighted by Crippen LogP contribution is -2.57. The van der Waals surface area contributed by atoms with Gasteiger partial charge in [0.25, 0.3) is 0 Å². The molecule has 10 nitrogen and oxygen atoms in total. The first-order valence-corrected chi connectivity index (χ1v) is 10.0. The molecule has 3 atom stereocenters. The first-order valence-electron chi connectivity index (χ1n) is 10.0. The fourth-order valence-electron chi connectivity index (χ4n) is 2.92. The molecule has 0 radical (unpaired) electrons. The average Bonchev–Trinajstić information content (AvgIpc) is 2.71. The van der Waals surface area contributed by atoms with Crippen LogP contribution in [-0.4, -0.2) is 55.0 Å². The van der Waals surface area contributed by atoms with Crippen molar-refractivity contribution in [1.29, 1.82) is 0 Å². The molecule has 1 aromatic rings. The Morgan fingerprint density at radius 1 is 1.00 bits per heavy atom. The van der Waals surface area contributed by atoms with Gasteiger partial charge in [-0.05, 0) is 31.5 Å². The van der Waals surface area contributed by atoms with Crippen LogP contribution in [0.1, 0.15) is 32.8 Å². The summed E-state index contributed by atoms with van der Waals surface area (Å²) in [5.41, 5.74) is 5.93. The number of benzene rings is 1. The Morgan fingerprint density at radius 3 is 2.09 bits per heavy atom. The van der Waals surface area contributed by atoms with E-state index in [0.717, 1.165) is 0 Å². The Balaban J connectivity index is 3.13. The van der Waals surface area contributed by atoms with E-state index in [4.69, 9.17) is 15.2 Å². The molecule has 0 aliphatic carbocycles. The van der Waals surface area contributed by atoms with E-state index in [1.807, 2.05) is 0 Å². The first kappa shape index (κ1) is 26.5. The fraction of sp³-hybridized carbons (Fsp3) is 0.476. The maximum Gasteiger partial charge on any atom is 0.312 e. The van der Waals surface area contributed by atoms with Crippen LogP contribution in [0.2, 0.25) is 0 Å². The Hall–Kier alpha value is -3.50. The second-order valence-corrected chi connectivity index (χ2v) is 6.84. The van der Waals surface area contributed by atoms with Crippen molar-refractivity contribution in [2.24, 2.45) is 11.7 Å². The number of nitrogens with two attached hydrogens (primary N) is 1. The standard InChI is InChI=1S/C21H28FN3O7/c1-4-31-17(27)11-15(21(30)32-5-2)18(19(23)28)25-20(29)16(24-12(3)26)10-13-6-8-14(22)9-7-13/h6-9,15-16,18H,4-5,10-11H2,1-3H3,(H2,23,28)(H,24,26)(H,25,29)/t15-,16+,18-/m0/s1. The Kier molecular flexibility index (Phi) is 10.8. The third kappa shape index (κ3) is 8.70. The van der Waals surface area contributed by atoms with Gasteiger partial charge in [0.2, 0.25) is 17.7 Å². The van der Waals surface area contributed by atoms with Crippen LogP contribution in [0.4, 0.5) is 4.39 Å². The van der Waals surface area contributed by atoms with Crippen LogP contribution in [0.25, 0.3) is 0 Å². The molecule has 0 fully saturated rings. The predicted molar refractivity (Wildman–Crippen MR) is 110 cm³/mol. The van der Waals surface area contributed by atoms with Gasteiger partial charge in [-0.1, -0.05) is 12.1 Å². The van der Waals surface area contributed by atoms with Crippen molar-refractivity contribution >= 4 is 29.7 Å². The zero-order valence-electron chi connectivity index (χ0n) is 18.2. The number of carbonyl (C=O) groups is 5. The van der Waals surface area contributed by atoms with Crippen LogP contribution in [-0.2, 0) is 39.9 Å². The monoisotopic (exact) mass is 453 g/mol. The van der Waals surface area contributed by atoms with E-state index in [-0.39, 0.29) is 19.6 Å². The molecule has 1 aromatic carbocycles. The molecule has 0 aliphatic heterocycles. The minimum Gasteiger partial charge on any atom is -0.466 e. The lowest BCUT2D eigenvalue weighted by Gasteiger charge is -2.26. The normalized spacial score (nSPS) is 13.2. The molecule has 0 unspecified atom stereocenters. The Morgan fingerprint density at radius 2 is 1.59 bits per heavy atom. The van der Waals surface area contributed by atoms with E-state index in [1.165, 1.54) is 38.1 Å². The lowest BCUT2D eigenvalue weighted by molar-refractivity contribution is -0.157. The molecule has 3 amide bonds. The maximum absolute atomic E-state index is 13.2. The smallest absolute Gasteiger partial charge is 0.312 e. The van der Waals surface area contributed by atoms with Crippen LogP contribution < -0.4 is 16.4 Å². The summed E-state index contributed by atoms with van der Waals surface area (Å²) in [6.45, 7) is 4.31. The van der Waals surface area contributed by atoms with E-state index in [0.29, 0.717) is 5.56 Å². The van der Waals surface area contributed by atoms with Crippen LogP contribution in [0.3, 0.4) is 0 Å². The molecule has 0 saturated carbocycles. The van der Waals surface area contributed by atoms with E-state index < -0.39 is 59.9 Å². The van der Waals surface area contributed by atoms with Crippen molar-refractivity contribution in [2.45, 2.75) is 45.7 Å². The van der Waals surface area contributed by atoms with Gasteiger partial charge >= 0.3 is 11.9 Å². The van der Waals surface area contributed by atoms with Gasteiger partial charge in [0, 0.05) is 13.3 Å². The van der Waals surface area contributed by atoms with Gasteiger partial charge in [0.05, 0.1) is 25.6 Å². The number of hydrogen-bond acceptors (Lipinski definition) is 7. The van der Waals surface area contributed by atoms with E-state index >= 15 is 0 Å². The van der Waals surface area contributed by atoms with Crippen molar-refractivity contribution in [2.75, 3.05) is 13.2 Å². The van der Waals surface area contributed by atoms with Crippen LogP contribution in [0.5, 0.6) is 0 Å². The molecule has 0 saturated heterocycles. The lowest BCUT2D eigenvalue weighted by atomic mass is 9.94. The molecule has 176 valence electrons. The third-order valence-electron chi connectivity index (χ3n) is 4.33. The van der Waals surface area contributed by atoms with Crippen molar-refractivity contribution < 1.29 is 37.8 Å². The highest BCUT2D eigenvalue weighted by molar-refractivity contribution is 5.95. The van der Waals surface area contributed by atoms with Crippen LogP contribution in [0.15, 0.2) is 24.3 Å². The summed E-state index contributed by atoms with van der Waals surface area (Å²) in [4.78, 5) is 60.9. The molecule has 0 spiro atoms. The number of rotatable bonds is 12. The average molecular weight is 453 g/mol. The van der Waals surface area contributed by atoms with Crippen molar-refractivity contribution in [1.82, 2.24) is 10.6 Å². The summed E-state index contributed by atoms with van der Waals surface area (Å²) in [5.74, 6) is -6.04. The fourth-order valence-corrected chi connectivity index (χ4v) is 2.92.